The standard InChI is InChI=1S/C15H17F4NO/c1-14(2)6-3-7-20(9-14)13(21)10-4-5-12(16)11(8-10)15(17,18)19/h4-5,8H,3,6-7,9H2,1-2H3. The summed E-state index contributed by atoms with van der Waals surface area (Å²) in [6, 6.07) is 2.40. The first-order chi connectivity index (χ1) is 9.60. The van der Waals surface area contributed by atoms with Crippen LogP contribution in [-0.4, -0.2) is 23.9 Å². The van der Waals surface area contributed by atoms with E-state index in [1.165, 1.54) is 4.90 Å². The van der Waals surface area contributed by atoms with Crippen LogP contribution in [0.5, 0.6) is 0 Å². The highest BCUT2D eigenvalue weighted by Crippen LogP contribution is 2.33. The molecule has 1 aromatic carbocycles. The summed E-state index contributed by atoms with van der Waals surface area (Å²) in [5.41, 5.74) is -1.58. The quantitative estimate of drug-likeness (QED) is 0.715. The number of benzene rings is 1. The molecule has 1 aliphatic heterocycles. The number of carbonyl (C=O) groups excluding carboxylic acids is 1. The fraction of sp³-hybridized carbons (Fsp3) is 0.533. The summed E-state index contributed by atoms with van der Waals surface area (Å²) in [6.07, 6.45) is -3.03. The van der Waals surface area contributed by atoms with Gasteiger partial charge in [0.1, 0.15) is 5.82 Å². The molecule has 1 fully saturated rings. The highest BCUT2D eigenvalue weighted by Gasteiger charge is 2.36. The normalized spacial score (nSPS) is 18.7. The Morgan fingerprint density at radius 3 is 2.52 bits per heavy atom. The van der Waals surface area contributed by atoms with E-state index in [1.807, 2.05) is 13.8 Å². The predicted molar refractivity (Wildman–Crippen MR) is 70.3 cm³/mol. The lowest BCUT2D eigenvalue weighted by atomic mass is 9.84. The van der Waals surface area contributed by atoms with Crippen LogP contribution in [0.4, 0.5) is 17.6 Å². The number of nitrogens with zero attached hydrogens (tertiary/aromatic N) is 1. The van der Waals surface area contributed by atoms with Crippen molar-refractivity contribution in [3.8, 4) is 0 Å². The highest BCUT2D eigenvalue weighted by molar-refractivity contribution is 5.94. The average molecular weight is 303 g/mol. The van der Waals surface area contributed by atoms with Gasteiger partial charge in [0.15, 0.2) is 0 Å². The van der Waals surface area contributed by atoms with Gasteiger partial charge in [-0.3, -0.25) is 4.79 Å². The Balaban J connectivity index is 2.28. The van der Waals surface area contributed by atoms with Crippen molar-refractivity contribution in [3.05, 3.63) is 35.1 Å². The van der Waals surface area contributed by atoms with E-state index in [-0.39, 0.29) is 11.0 Å². The van der Waals surface area contributed by atoms with Crippen LogP contribution < -0.4 is 0 Å². The van der Waals surface area contributed by atoms with Crippen molar-refractivity contribution in [2.45, 2.75) is 32.9 Å². The summed E-state index contributed by atoms with van der Waals surface area (Å²) in [6.45, 7) is 5.03. The fourth-order valence-corrected chi connectivity index (χ4v) is 2.65. The number of alkyl halides is 3. The van der Waals surface area contributed by atoms with Gasteiger partial charge >= 0.3 is 6.18 Å². The smallest absolute Gasteiger partial charge is 0.338 e. The monoisotopic (exact) mass is 303 g/mol. The molecule has 1 saturated heterocycles. The third kappa shape index (κ3) is 3.54. The Labute approximate surface area is 120 Å². The fourth-order valence-electron chi connectivity index (χ4n) is 2.65. The molecule has 1 amide bonds. The maximum absolute atomic E-state index is 13.2. The molecule has 0 aliphatic carbocycles. The zero-order valence-electron chi connectivity index (χ0n) is 11.9. The van der Waals surface area contributed by atoms with Gasteiger partial charge in [-0.2, -0.15) is 13.2 Å². The number of likely N-dealkylation sites (tertiary alicyclic amines) is 1. The van der Waals surface area contributed by atoms with Gasteiger partial charge in [-0.25, -0.2) is 4.39 Å². The summed E-state index contributed by atoms with van der Waals surface area (Å²) < 4.78 is 51.3. The zero-order valence-corrected chi connectivity index (χ0v) is 11.9. The lowest BCUT2D eigenvalue weighted by Crippen LogP contribution is -2.43. The molecule has 0 N–H and O–H groups in total. The van der Waals surface area contributed by atoms with Crippen LogP contribution in [0.15, 0.2) is 18.2 Å². The third-order valence-electron chi connectivity index (χ3n) is 3.71. The van der Waals surface area contributed by atoms with Gasteiger partial charge in [-0.15, -0.1) is 0 Å². The van der Waals surface area contributed by atoms with Gasteiger partial charge in [0.2, 0.25) is 0 Å². The summed E-state index contributed by atoms with van der Waals surface area (Å²) >= 11 is 0. The maximum atomic E-state index is 13.2. The van der Waals surface area contributed by atoms with Crippen LogP contribution in [0.2, 0.25) is 0 Å². The van der Waals surface area contributed by atoms with Crippen LogP contribution in [0.3, 0.4) is 0 Å². The van der Waals surface area contributed by atoms with E-state index in [0.29, 0.717) is 25.2 Å². The van der Waals surface area contributed by atoms with E-state index < -0.39 is 23.5 Å². The number of piperidine rings is 1. The van der Waals surface area contributed by atoms with Crippen LogP contribution in [-0.2, 0) is 6.18 Å². The number of amides is 1. The number of halogens is 4. The maximum Gasteiger partial charge on any atom is 0.419 e. The molecule has 0 saturated carbocycles. The first kappa shape index (κ1) is 15.8. The van der Waals surface area contributed by atoms with Gasteiger partial charge in [0.05, 0.1) is 5.56 Å². The first-order valence-electron chi connectivity index (χ1n) is 6.76. The molecule has 0 spiro atoms. The van der Waals surface area contributed by atoms with Crippen molar-refractivity contribution in [2.24, 2.45) is 5.41 Å². The van der Waals surface area contributed by atoms with Crippen LogP contribution >= 0.6 is 0 Å². The SMILES string of the molecule is CC1(C)CCCN(C(=O)c2ccc(F)c(C(F)(F)F)c2)C1. The van der Waals surface area contributed by atoms with Crippen LogP contribution in [0.1, 0.15) is 42.6 Å². The van der Waals surface area contributed by atoms with Crippen LogP contribution in [0, 0.1) is 11.2 Å². The minimum absolute atomic E-state index is 0.0548. The van der Waals surface area contributed by atoms with E-state index in [2.05, 4.69) is 0 Å². The number of rotatable bonds is 1. The van der Waals surface area contributed by atoms with Crippen molar-refractivity contribution < 1.29 is 22.4 Å². The van der Waals surface area contributed by atoms with Crippen molar-refractivity contribution >= 4 is 5.91 Å². The minimum atomic E-state index is -4.80. The summed E-state index contributed by atoms with van der Waals surface area (Å²) in [7, 11) is 0. The van der Waals surface area contributed by atoms with Crippen molar-refractivity contribution in [1.29, 1.82) is 0 Å². The molecule has 1 heterocycles. The van der Waals surface area contributed by atoms with Crippen molar-refractivity contribution in [2.75, 3.05) is 13.1 Å². The summed E-state index contributed by atoms with van der Waals surface area (Å²) in [4.78, 5) is 13.9. The largest absolute Gasteiger partial charge is 0.419 e. The number of hydrogen-bond acceptors (Lipinski definition) is 1. The second-order valence-electron chi connectivity index (χ2n) is 6.19. The Hall–Kier alpha value is -1.59. The van der Waals surface area contributed by atoms with E-state index in [4.69, 9.17) is 0 Å². The number of carbonyl (C=O) groups is 1. The van der Waals surface area contributed by atoms with E-state index in [9.17, 15) is 22.4 Å². The van der Waals surface area contributed by atoms with E-state index >= 15 is 0 Å². The molecule has 21 heavy (non-hydrogen) atoms. The third-order valence-corrected chi connectivity index (χ3v) is 3.71. The zero-order chi connectivity index (χ0) is 15.8. The Bertz CT molecular complexity index is 551. The minimum Gasteiger partial charge on any atom is -0.338 e. The van der Waals surface area contributed by atoms with E-state index in [1.54, 1.807) is 0 Å². The van der Waals surface area contributed by atoms with Gasteiger partial charge in [-0.05, 0) is 36.5 Å². The molecule has 0 aromatic heterocycles. The second-order valence-corrected chi connectivity index (χ2v) is 6.19. The molecule has 116 valence electrons. The molecular weight excluding hydrogens is 286 g/mol. The predicted octanol–water partition coefficient (Wildman–Crippen LogP) is 4.11. The van der Waals surface area contributed by atoms with Crippen molar-refractivity contribution in [1.82, 2.24) is 4.90 Å². The lowest BCUT2D eigenvalue weighted by molar-refractivity contribution is -0.140. The highest BCUT2D eigenvalue weighted by atomic mass is 19.4. The molecule has 2 rings (SSSR count). The molecule has 6 heteroatoms. The molecule has 0 radical (unpaired) electrons. The van der Waals surface area contributed by atoms with Gasteiger partial charge < -0.3 is 4.90 Å². The molecule has 1 aliphatic rings. The molecule has 0 atom stereocenters. The van der Waals surface area contributed by atoms with Gasteiger partial charge in [0, 0.05) is 18.7 Å². The molecule has 0 bridgehead atoms. The van der Waals surface area contributed by atoms with E-state index in [0.717, 1.165) is 18.9 Å². The molecule has 2 nitrogen and oxygen atoms in total. The summed E-state index contributed by atoms with van der Waals surface area (Å²) in [5, 5.41) is 0. The molecule has 1 aromatic rings. The second kappa shape index (κ2) is 5.31. The Morgan fingerprint density at radius 1 is 1.29 bits per heavy atom. The average Bonchev–Trinajstić information content (AvgIpc) is 2.36. The Kier molecular flexibility index (Phi) is 4.00. The van der Waals surface area contributed by atoms with Gasteiger partial charge in [-0.1, -0.05) is 13.8 Å². The van der Waals surface area contributed by atoms with Crippen LogP contribution in [0.25, 0.3) is 0 Å². The topological polar surface area (TPSA) is 20.3 Å². The molecular formula is C15H17F4NO. The van der Waals surface area contributed by atoms with Crippen molar-refractivity contribution in [3.63, 3.8) is 0 Å². The molecule has 0 unspecified atom stereocenters. The summed E-state index contributed by atoms with van der Waals surface area (Å²) in [5.74, 6) is -1.84. The van der Waals surface area contributed by atoms with Gasteiger partial charge in [0.25, 0.3) is 5.91 Å². The Morgan fingerprint density at radius 2 is 1.95 bits per heavy atom. The first-order valence-corrected chi connectivity index (χ1v) is 6.76. The number of hydrogen-bond donors (Lipinski definition) is 0. The lowest BCUT2D eigenvalue weighted by Gasteiger charge is -2.38.